The van der Waals surface area contributed by atoms with E-state index in [9.17, 15) is 0 Å². The fourth-order valence-electron chi connectivity index (χ4n) is 1.77. The van der Waals surface area contributed by atoms with E-state index in [0.717, 1.165) is 19.4 Å². The van der Waals surface area contributed by atoms with Gasteiger partial charge in [-0.2, -0.15) is 0 Å². The summed E-state index contributed by atoms with van der Waals surface area (Å²) in [5, 5.41) is 0. The van der Waals surface area contributed by atoms with Gasteiger partial charge in [0.15, 0.2) is 0 Å². The summed E-state index contributed by atoms with van der Waals surface area (Å²) >= 11 is 0. The first-order chi connectivity index (χ1) is 10.8. The van der Waals surface area contributed by atoms with Crippen LogP contribution in [0.25, 0.3) is 0 Å². The molecule has 1 aliphatic heterocycles. The van der Waals surface area contributed by atoms with Crippen LogP contribution >= 0.6 is 0 Å². The number of ether oxygens (including phenoxy) is 4. The van der Waals surface area contributed by atoms with E-state index in [0.29, 0.717) is 32.0 Å². The van der Waals surface area contributed by atoms with Crippen LogP contribution in [-0.4, -0.2) is 61.7 Å². The van der Waals surface area contributed by atoms with Gasteiger partial charge in [0, 0.05) is 25.9 Å². The Hall–Kier alpha value is -0.0631. The van der Waals surface area contributed by atoms with Crippen LogP contribution in [0.3, 0.4) is 0 Å². The molecule has 0 aliphatic carbocycles. The molecule has 0 radical (unpaired) electrons. The van der Waals surface area contributed by atoms with Gasteiger partial charge in [0.2, 0.25) is 0 Å². The lowest BCUT2D eigenvalue weighted by Gasteiger charge is -2.29. The van der Waals surface area contributed by atoms with Crippen LogP contribution in [0.2, 0.25) is 6.04 Å². The maximum atomic E-state index is 5.84. The van der Waals surface area contributed by atoms with Gasteiger partial charge in [-0.3, -0.25) is 0 Å². The molecule has 1 unspecified atom stereocenters. The minimum atomic E-state index is -2.88. The van der Waals surface area contributed by atoms with Gasteiger partial charge in [-0.25, -0.2) is 0 Å². The molecule has 0 spiro atoms. The highest BCUT2D eigenvalue weighted by atomic mass is 28.4. The van der Waals surface area contributed by atoms with Crippen molar-refractivity contribution in [1.82, 2.24) is 0 Å². The smallest absolute Gasteiger partial charge is 0.373 e. The van der Waals surface area contributed by atoms with Crippen molar-refractivity contribution >= 4 is 8.80 Å². The van der Waals surface area contributed by atoms with E-state index < -0.39 is 8.80 Å². The summed E-state index contributed by atoms with van der Waals surface area (Å²) < 4.78 is 38.6. The molecule has 22 heavy (non-hydrogen) atoms. The third-order valence-electron chi connectivity index (χ3n) is 3.11. The van der Waals surface area contributed by atoms with Crippen LogP contribution in [-0.2, 0) is 32.2 Å². The van der Waals surface area contributed by atoms with Crippen LogP contribution in [0, 0.1) is 0 Å². The third kappa shape index (κ3) is 9.16. The highest BCUT2D eigenvalue weighted by Gasteiger charge is 2.42. The van der Waals surface area contributed by atoms with Crippen LogP contribution in [0.4, 0.5) is 0 Å². The fourth-order valence-corrected chi connectivity index (χ4v) is 3.88. The minimum absolute atomic E-state index is 0.154. The van der Waals surface area contributed by atoms with Crippen molar-refractivity contribution in [3.8, 4) is 0 Å². The Morgan fingerprint density at radius 2 is 1.32 bits per heavy atom. The van der Waals surface area contributed by atoms with Gasteiger partial charge in [0.25, 0.3) is 0 Å². The highest BCUT2D eigenvalue weighted by molar-refractivity contribution is 6.60. The molecule has 1 rings (SSSR count). The van der Waals surface area contributed by atoms with Crippen molar-refractivity contribution in [3.05, 3.63) is 0 Å². The third-order valence-corrected chi connectivity index (χ3v) is 5.75. The molecule has 0 bridgehead atoms. The summed E-state index contributed by atoms with van der Waals surface area (Å²) in [4.78, 5) is 0. The van der Waals surface area contributed by atoms with Gasteiger partial charge in [-0.05, 0) is 33.6 Å². The molecule has 7 nitrogen and oxygen atoms in total. The van der Waals surface area contributed by atoms with E-state index in [-0.39, 0.29) is 20.4 Å². The predicted octanol–water partition coefficient (Wildman–Crippen LogP) is 2.14. The SMILES string of the molecule is CCOCO[Si](CCCC1CO1)(OCOCC)OCOCC. The van der Waals surface area contributed by atoms with E-state index in [2.05, 4.69) is 0 Å². The lowest BCUT2D eigenvalue weighted by atomic mass is 10.3. The Morgan fingerprint density at radius 1 is 0.864 bits per heavy atom. The molecule has 1 atom stereocenters. The molecule has 1 aliphatic rings. The summed E-state index contributed by atoms with van der Waals surface area (Å²) in [6, 6.07) is 0.695. The average molecular weight is 338 g/mol. The number of rotatable bonds is 16. The number of hydrogen-bond acceptors (Lipinski definition) is 7. The second-order valence-corrected chi connectivity index (χ2v) is 7.53. The predicted molar refractivity (Wildman–Crippen MR) is 82.3 cm³/mol. The zero-order valence-corrected chi connectivity index (χ0v) is 15.0. The Kier molecular flexibility index (Phi) is 11.2. The Bertz CT molecular complexity index is 237. The molecule has 0 amide bonds. The summed E-state index contributed by atoms with van der Waals surface area (Å²) in [7, 11) is -2.88. The summed E-state index contributed by atoms with van der Waals surface area (Å²) in [5.74, 6) is 0. The summed E-state index contributed by atoms with van der Waals surface area (Å²) in [6.07, 6.45) is 2.29. The zero-order chi connectivity index (χ0) is 16.1. The molecule has 0 aromatic rings. The quantitative estimate of drug-likeness (QED) is 0.185. The maximum absolute atomic E-state index is 5.84. The molecule has 1 saturated heterocycles. The second kappa shape index (κ2) is 12.4. The topological polar surface area (TPSA) is 67.9 Å². The molecule has 8 heteroatoms. The molecule has 0 aromatic carbocycles. The first-order valence-corrected chi connectivity index (χ1v) is 9.96. The first kappa shape index (κ1) is 20.0. The standard InChI is InChI=1S/C14H30O7Si/c1-4-15-11-19-22(20-12-16-5-2,21-13-17-6-3)9-7-8-14-10-18-14/h14H,4-13H2,1-3H3. The largest absolute Gasteiger partial charge is 0.506 e. The van der Waals surface area contributed by atoms with Crippen molar-refractivity contribution in [2.75, 3.05) is 46.8 Å². The Balaban J connectivity index is 2.49. The number of epoxide rings is 1. The summed E-state index contributed by atoms with van der Waals surface area (Å²) in [5.41, 5.74) is 0. The van der Waals surface area contributed by atoms with Crippen molar-refractivity contribution in [2.45, 2.75) is 45.8 Å². The van der Waals surface area contributed by atoms with Gasteiger partial charge in [0.05, 0.1) is 12.7 Å². The van der Waals surface area contributed by atoms with E-state index in [1.165, 1.54) is 0 Å². The van der Waals surface area contributed by atoms with Crippen molar-refractivity contribution in [1.29, 1.82) is 0 Å². The van der Waals surface area contributed by atoms with Crippen LogP contribution in [0.1, 0.15) is 33.6 Å². The van der Waals surface area contributed by atoms with Crippen molar-refractivity contribution in [2.24, 2.45) is 0 Å². The van der Waals surface area contributed by atoms with Gasteiger partial charge in [-0.15, -0.1) is 0 Å². The van der Waals surface area contributed by atoms with E-state index in [1.54, 1.807) is 0 Å². The van der Waals surface area contributed by atoms with Crippen molar-refractivity contribution in [3.63, 3.8) is 0 Å². The van der Waals surface area contributed by atoms with E-state index in [4.69, 9.17) is 32.2 Å². The lowest BCUT2D eigenvalue weighted by molar-refractivity contribution is -0.100. The molecule has 1 heterocycles. The van der Waals surface area contributed by atoms with Gasteiger partial charge in [-0.1, -0.05) is 0 Å². The van der Waals surface area contributed by atoms with Crippen LogP contribution in [0.5, 0.6) is 0 Å². The minimum Gasteiger partial charge on any atom is -0.373 e. The average Bonchev–Trinajstić information content (AvgIpc) is 3.32. The van der Waals surface area contributed by atoms with Gasteiger partial charge in [0.1, 0.15) is 20.4 Å². The van der Waals surface area contributed by atoms with Gasteiger partial charge < -0.3 is 32.2 Å². The fraction of sp³-hybridized carbons (Fsp3) is 1.00. The normalized spacial score (nSPS) is 17.9. The molecule has 1 fully saturated rings. The van der Waals surface area contributed by atoms with E-state index >= 15 is 0 Å². The van der Waals surface area contributed by atoms with E-state index in [1.807, 2.05) is 20.8 Å². The molecule has 0 saturated carbocycles. The molecule has 132 valence electrons. The molecule has 0 aromatic heterocycles. The Morgan fingerprint density at radius 3 is 1.68 bits per heavy atom. The highest BCUT2D eigenvalue weighted by Crippen LogP contribution is 2.24. The zero-order valence-electron chi connectivity index (χ0n) is 14.0. The second-order valence-electron chi connectivity index (χ2n) is 4.80. The molecular formula is C14H30O7Si. The van der Waals surface area contributed by atoms with Crippen LogP contribution in [0.15, 0.2) is 0 Å². The molecule has 0 N–H and O–H groups in total. The first-order valence-electron chi connectivity index (χ1n) is 8.03. The summed E-state index contributed by atoms with van der Waals surface area (Å²) in [6.45, 7) is 8.81. The Labute approximate surface area is 134 Å². The number of hydrogen-bond donors (Lipinski definition) is 0. The monoisotopic (exact) mass is 338 g/mol. The van der Waals surface area contributed by atoms with Crippen LogP contribution < -0.4 is 0 Å². The maximum Gasteiger partial charge on any atom is 0.506 e. The van der Waals surface area contributed by atoms with Gasteiger partial charge >= 0.3 is 8.80 Å². The lowest BCUT2D eigenvalue weighted by Crippen LogP contribution is -2.47. The van der Waals surface area contributed by atoms with Crippen molar-refractivity contribution < 1.29 is 32.2 Å². The molecular weight excluding hydrogens is 308 g/mol.